The molecule has 1 N–H and O–H groups in total. The molecule has 0 aliphatic carbocycles. The van der Waals surface area contributed by atoms with Crippen molar-refractivity contribution in [1.82, 2.24) is 4.90 Å². The van der Waals surface area contributed by atoms with Crippen molar-refractivity contribution in [2.45, 2.75) is 19.4 Å². The zero-order chi connectivity index (χ0) is 19.2. The lowest BCUT2D eigenvalue weighted by molar-refractivity contribution is -0.121. The van der Waals surface area contributed by atoms with Crippen LogP contribution in [0.15, 0.2) is 42.5 Å². The summed E-state index contributed by atoms with van der Waals surface area (Å²) in [5.74, 6) is 0.956. The first-order valence-corrected chi connectivity index (χ1v) is 9.47. The van der Waals surface area contributed by atoms with Gasteiger partial charge in [-0.1, -0.05) is 41.9 Å². The predicted molar refractivity (Wildman–Crippen MR) is 108 cm³/mol. The SMILES string of the molecule is COc1cc(NC(=O)C2CCCN(Cc3ccccc3)C2)c(OC)cc1Cl. The number of hydrogen-bond donors (Lipinski definition) is 1. The molecule has 0 saturated carbocycles. The third kappa shape index (κ3) is 4.93. The summed E-state index contributed by atoms with van der Waals surface area (Å²) in [5.41, 5.74) is 1.84. The number of halogens is 1. The van der Waals surface area contributed by atoms with E-state index in [1.165, 1.54) is 5.56 Å². The smallest absolute Gasteiger partial charge is 0.228 e. The second kappa shape index (κ2) is 9.11. The van der Waals surface area contributed by atoms with E-state index in [4.69, 9.17) is 21.1 Å². The molecule has 1 aliphatic heterocycles. The van der Waals surface area contributed by atoms with E-state index in [2.05, 4.69) is 22.3 Å². The van der Waals surface area contributed by atoms with Crippen molar-refractivity contribution in [3.05, 3.63) is 53.1 Å². The maximum absolute atomic E-state index is 12.9. The van der Waals surface area contributed by atoms with E-state index in [0.29, 0.717) is 22.2 Å². The van der Waals surface area contributed by atoms with Gasteiger partial charge >= 0.3 is 0 Å². The Bertz CT molecular complexity index is 782. The van der Waals surface area contributed by atoms with Gasteiger partial charge in [0.2, 0.25) is 5.91 Å². The molecule has 144 valence electrons. The fourth-order valence-corrected chi connectivity index (χ4v) is 3.68. The summed E-state index contributed by atoms with van der Waals surface area (Å²) in [6, 6.07) is 13.7. The summed E-state index contributed by atoms with van der Waals surface area (Å²) in [6.07, 6.45) is 1.89. The Kier molecular flexibility index (Phi) is 6.58. The Hall–Kier alpha value is -2.24. The number of likely N-dealkylation sites (tertiary alicyclic amines) is 1. The number of nitrogens with zero attached hydrogens (tertiary/aromatic N) is 1. The summed E-state index contributed by atoms with van der Waals surface area (Å²) in [7, 11) is 3.10. The quantitative estimate of drug-likeness (QED) is 0.805. The van der Waals surface area contributed by atoms with Crippen molar-refractivity contribution in [2.75, 3.05) is 32.6 Å². The number of nitrogens with one attached hydrogen (secondary N) is 1. The van der Waals surface area contributed by atoms with Crippen LogP contribution >= 0.6 is 11.6 Å². The molecule has 1 unspecified atom stereocenters. The highest BCUT2D eigenvalue weighted by Gasteiger charge is 2.26. The first kappa shape index (κ1) is 19.5. The highest BCUT2D eigenvalue weighted by molar-refractivity contribution is 6.32. The number of carbonyl (C=O) groups excluding carboxylic acids is 1. The van der Waals surface area contributed by atoms with Crippen molar-refractivity contribution in [1.29, 1.82) is 0 Å². The van der Waals surface area contributed by atoms with Gasteiger partial charge in [0.1, 0.15) is 11.5 Å². The Morgan fingerprint density at radius 1 is 1.19 bits per heavy atom. The minimum Gasteiger partial charge on any atom is -0.495 e. The molecule has 27 heavy (non-hydrogen) atoms. The first-order valence-electron chi connectivity index (χ1n) is 9.09. The summed E-state index contributed by atoms with van der Waals surface area (Å²) in [6.45, 7) is 2.62. The molecule has 1 atom stereocenters. The van der Waals surface area contributed by atoms with E-state index in [1.807, 2.05) is 18.2 Å². The third-order valence-corrected chi connectivity index (χ3v) is 5.15. The van der Waals surface area contributed by atoms with Crippen molar-refractivity contribution < 1.29 is 14.3 Å². The molecular weight excluding hydrogens is 364 g/mol. The fraction of sp³-hybridized carbons (Fsp3) is 0.381. The number of hydrogen-bond acceptors (Lipinski definition) is 4. The predicted octanol–water partition coefficient (Wildman–Crippen LogP) is 4.21. The maximum Gasteiger partial charge on any atom is 0.228 e. The highest BCUT2D eigenvalue weighted by Crippen LogP contribution is 2.36. The number of rotatable bonds is 6. The zero-order valence-electron chi connectivity index (χ0n) is 15.7. The average Bonchev–Trinajstić information content (AvgIpc) is 2.70. The van der Waals surface area contributed by atoms with Gasteiger partial charge in [-0.05, 0) is 24.9 Å². The van der Waals surface area contributed by atoms with Crippen LogP contribution in [0.25, 0.3) is 0 Å². The Morgan fingerprint density at radius 3 is 2.63 bits per heavy atom. The minimum absolute atomic E-state index is 0.00422. The molecule has 1 fully saturated rings. The van der Waals surface area contributed by atoms with Gasteiger partial charge in [-0.2, -0.15) is 0 Å². The van der Waals surface area contributed by atoms with E-state index in [9.17, 15) is 4.79 Å². The van der Waals surface area contributed by atoms with Gasteiger partial charge in [-0.15, -0.1) is 0 Å². The van der Waals surface area contributed by atoms with E-state index in [0.717, 1.165) is 32.5 Å². The fourth-order valence-electron chi connectivity index (χ4n) is 3.45. The molecule has 5 nitrogen and oxygen atoms in total. The number of amides is 1. The lowest BCUT2D eigenvalue weighted by Gasteiger charge is -2.32. The van der Waals surface area contributed by atoms with E-state index in [1.54, 1.807) is 26.4 Å². The van der Waals surface area contributed by atoms with Gasteiger partial charge < -0.3 is 14.8 Å². The summed E-state index contributed by atoms with van der Waals surface area (Å²) in [5, 5.41) is 3.43. The highest BCUT2D eigenvalue weighted by atomic mass is 35.5. The van der Waals surface area contributed by atoms with Crippen LogP contribution < -0.4 is 14.8 Å². The van der Waals surface area contributed by atoms with Gasteiger partial charge in [0.15, 0.2) is 0 Å². The standard InChI is InChI=1S/C21H25ClN2O3/c1-26-19-12-18(20(27-2)11-17(19)22)23-21(25)16-9-6-10-24(14-16)13-15-7-4-3-5-8-15/h3-5,7-8,11-12,16H,6,9-10,13-14H2,1-2H3,(H,23,25). The topological polar surface area (TPSA) is 50.8 Å². The maximum atomic E-state index is 12.9. The molecule has 1 saturated heterocycles. The monoisotopic (exact) mass is 388 g/mol. The normalized spacial score (nSPS) is 17.4. The second-order valence-electron chi connectivity index (χ2n) is 6.74. The third-order valence-electron chi connectivity index (χ3n) is 4.86. The Morgan fingerprint density at radius 2 is 1.93 bits per heavy atom. The summed E-state index contributed by atoms with van der Waals surface area (Å²) < 4.78 is 10.6. The molecule has 0 radical (unpaired) electrons. The van der Waals surface area contributed by atoms with Crippen LogP contribution in [0.4, 0.5) is 5.69 Å². The number of anilines is 1. The van der Waals surface area contributed by atoms with Crippen molar-refractivity contribution in [3.8, 4) is 11.5 Å². The molecule has 1 aliphatic rings. The molecule has 0 aromatic heterocycles. The number of piperidine rings is 1. The van der Waals surface area contributed by atoms with Gasteiger partial charge in [-0.3, -0.25) is 9.69 Å². The molecule has 0 spiro atoms. The number of ether oxygens (including phenoxy) is 2. The molecular formula is C21H25ClN2O3. The van der Waals surface area contributed by atoms with E-state index < -0.39 is 0 Å². The number of carbonyl (C=O) groups is 1. The van der Waals surface area contributed by atoms with Crippen LogP contribution in [0.5, 0.6) is 11.5 Å². The Balaban J connectivity index is 1.67. The lowest BCUT2D eigenvalue weighted by Crippen LogP contribution is -2.40. The Labute approximate surface area is 165 Å². The van der Waals surface area contributed by atoms with Crippen molar-refractivity contribution in [2.24, 2.45) is 5.92 Å². The minimum atomic E-state index is -0.0613. The zero-order valence-corrected chi connectivity index (χ0v) is 16.5. The van der Waals surface area contributed by atoms with Crippen LogP contribution in [0.3, 0.4) is 0 Å². The van der Waals surface area contributed by atoms with Crippen LogP contribution in [0, 0.1) is 5.92 Å². The van der Waals surface area contributed by atoms with Crippen LogP contribution in [0.2, 0.25) is 5.02 Å². The van der Waals surface area contributed by atoms with Crippen molar-refractivity contribution in [3.63, 3.8) is 0 Å². The largest absolute Gasteiger partial charge is 0.495 e. The molecule has 2 aromatic carbocycles. The molecule has 0 bridgehead atoms. The summed E-state index contributed by atoms with van der Waals surface area (Å²) >= 11 is 6.14. The average molecular weight is 389 g/mol. The van der Waals surface area contributed by atoms with Crippen molar-refractivity contribution >= 4 is 23.2 Å². The van der Waals surface area contributed by atoms with Crippen LogP contribution in [0.1, 0.15) is 18.4 Å². The number of benzene rings is 2. The molecule has 3 rings (SSSR count). The lowest BCUT2D eigenvalue weighted by atomic mass is 9.96. The molecule has 6 heteroatoms. The van der Waals surface area contributed by atoms with Crippen LogP contribution in [-0.4, -0.2) is 38.1 Å². The van der Waals surface area contributed by atoms with Crippen LogP contribution in [-0.2, 0) is 11.3 Å². The van der Waals surface area contributed by atoms with Gasteiger partial charge in [0.25, 0.3) is 0 Å². The van der Waals surface area contributed by atoms with E-state index >= 15 is 0 Å². The van der Waals surface area contributed by atoms with Gasteiger partial charge in [-0.25, -0.2) is 0 Å². The molecule has 1 amide bonds. The molecule has 2 aromatic rings. The molecule has 1 heterocycles. The van der Waals surface area contributed by atoms with E-state index in [-0.39, 0.29) is 11.8 Å². The number of methoxy groups -OCH3 is 2. The summed E-state index contributed by atoms with van der Waals surface area (Å²) in [4.78, 5) is 15.2. The van der Waals surface area contributed by atoms with Gasteiger partial charge in [0, 0.05) is 25.2 Å². The van der Waals surface area contributed by atoms with Gasteiger partial charge in [0.05, 0.1) is 30.8 Å². The second-order valence-corrected chi connectivity index (χ2v) is 7.14. The first-order chi connectivity index (χ1) is 13.1.